The molecule has 30 heavy (non-hydrogen) atoms. The highest BCUT2D eigenvalue weighted by atomic mass is 35.5. The minimum atomic E-state index is -0.837. The molecule has 0 bridgehead atoms. The molecule has 4 rings (SSSR count). The molecule has 154 valence electrons. The van der Waals surface area contributed by atoms with E-state index in [1.54, 1.807) is 23.7 Å². The van der Waals surface area contributed by atoms with Crippen LogP contribution in [0.5, 0.6) is 0 Å². The minimum Gasteiger partial charge on any atom is -0.312 e. The molecule has 1 aliphatic heterocycles. The van der Waals surface area contributed by atoms with E-state index in [0.29, 0.717) is 15.9 Å². The number of carbonyl (C=O) groups excluding carboxylic acids is 1. The van der Waals surface area contributed by atoms with Crippen LogP contribution < -0.4 is 10.9 Å². The summed E-state index contributed by atoms with van der Waals surface area (Å²) in [6.45, 7) is 0. The molecule has 1 aromatic heterocycles. The fourth-order valence-corrected chi connectivity index (χ4v) is 4.49. The molecule has 0 unspecified atom stereocenters. The van der Waals surface area contributed by atoms with Crippen molar-refractivity contribution >= 4 is 35.1 Å². The summed E-state index contributed by atoms with van der Waals surface area (Å²) in [6, 6.07) is 10.4. The molecule has 0 radical (unpaired) electrons. The number of benzene rings is 2. The van der Waals surface area contributed by atoms with Crippen LogP contribution in [0.1, 0.15) is 29.0 Å². The van der Waals surface area contributed by atoms with E-state index in [1.807, 2.05) is 12.1 Å². The molecule has 0 saturated heterocycles. The fraction of sp³-hybridized carbons (Fsp3) is 0.190. The van der Waals surface area contributed by atoms with Gasteiger partial charge in [-0.15, -0.1) is 0 Å². The van der Waals surface area contributed by atoms with Crippen molar-refractivity contribution < 1.29 is 13.6 Å². The number of rotatable bonds is 4. The number of hydrogen-bond acceptors (Lipinski definition) is 4. The van der Waals surface area contributed by atoms with Crippen LogP contribution in [-0.4, -0.2) is 15.5 Å². The first-order chi connectivity index (χ1) is 14.3. The predicted molar refractivity (Wildman–Crippen MR) is 112 cm³/mol. The van der Waals surface area contributed by atoms with Crippen molar-refractivity contribution in [1.82, 2.24) is 9.55 Å². The van der Waals surface area contributed by atoms with E-state index in [9.17, 15) is 18.4 Å². The highest BCUT2D eigenvalue weighted by Gasteiger charge is 2.33. The summed E-state index contributed by atoms with van der Waals surface area (Å²) in [5.74, 6) is -1.90. The third-order valence-corrected chi connectivity index (χ3v) is 6.27. The van der Waals surface area contributed by atoms with Gasteiger partial charge in [0.2, 0.25) is 5.91 Å². The predicted octanol–water partition coefficient (Wildman–Crippen LogP) is 4.48. The van der Waals surface area contributed by atoms with Gasteiger partial charge in [0.05, 0.1) is 5.56 Å². The van der Waals surface area contributed by atoms with E-state index >= 15 is 0 Å². The first-order valence-corrected chi connectivity index (χ1v) is 10.4. The van der Waals surface area contributed by atoms with Crippen LogP contribution in [0.25, 0.3) is 0 Å². The van der Waals surface area contributed by atoms with Gasteiger partial charge in [-0.05, 0) is 29.3 Å². The van der Waals surface area contributed by atoms with Gasteiger partial charge in [0, 0.05) is 36.2 Å². The van der Waals surface area contributed by atoms with E-state index in [1.165, 1.54) is 17.8 Å². The number of hydrogen-bond donors (Lipinski definition) is 1. The molecule has 2 heterocycles. The molecule has 0 aliphatic carbocycles. The largest absolute Gasteiger partial charge is 0.312 e. The van der Waals surface area contributed by atoms with Crippen LogP contribution in [0.3, 0.4) is 0 Å². The van der Waals surface area contributed by atoms with Crippen molar-refractivity contribution in [2.45, 2.75) is 23.2 Å². The standard InChI is InChI=1S/C21H16ClF2N3O2S/c1-27-19-18(15(9-17(28)25-19)14-7-6-13(23)8-16(14)24)20(29)26-21(27)30-10-11-2-4-12(22)5-3-11/h2-8,15H,9-10H2,1H3,(H,25,28)/t15-/m0/s1. The zero-order valence-corrected chi connectivity index (χ0v) is 17.4. The topological polar surface area (TPSA) is 64.0 Å². The molecule has 1 aliphatic rings. The second-order valence-corrected chi connectivity index (χ2v) is 8.29. The number of anilines is 1. The summed E-state index contributed by atoms with van der Waals surface area (Å²) in [4.78, 5) is 29.3. The molecule has 0 spiro atoms. The second kappa shape index (κ2) is 8.20. The summed E-state index contributed by atoms with van der Waals surface area (Å²) in [5, 5.41) is 3.74. The third kappa shape index (κ3) is 3.97. The van der Waals surface area contributed by atoms with Crippen molar-refractivity contribution in [2.24, 2.45) is 7.05 Å². The molecule has 9 heteroatoms. The Hall–Kier alpha value is -2.71. The van der Waals surface area contributed by atoms with Crippen LogP contribution in [0.15, 0.2) is 52.4 Å². The van der Waals surface area contributed by atoms with Gasteiger partial charge in [0.1, 0.15) is 17.5 Å². The maximum atomic E-state index is 14.4. The number of thioether (sulfide) groups is 1. The molecule has 1 atom stereocenters. The molecule has 0 saturated carbocycles. The van der Waals surface area contributed by atoms with E-state index < -0.39 is 23.1 Å². The minimum absolute atomic E-state index is 0.0907. The number of nitrogens with zero attached hydrogens (tertiary/aromatic N) is 2. The summed E-state index contributed by atoms with van der Waals surface area (Å²) in [7, 11) is 1.68. The first-order valence-electron chi connectivity index (χ1n) is 9.06. The van der Waals surface area contributed by atoms with E-state index in [4.69, 9.17) is 11.6 Å². The van der Waals surface area contributed by atoms with Gasteiger partial charge < -0.3 is 9.88 Å². The number of carbonyl (C=O) groups is 1. The van der Waals surface area contributed by atoms with E-state index in [2.05, 4.69) is 10.3 Å². The van der Waals surface area contributed by atoms with Crippen molar-refractivity contribution in [3.05, 3.63) is 86.2 Å². The fourth-order valence-electron chi connectivity index (χ4n) is 3.44. The van der Waals surface area contributed by atoms with Crippen molar-refractivity contribution in [3.8, 4) is 0 Å². The maximum Gasteiger partial charge on any atom is 0.279 e. The Morgan fingerprint density at radius 3 is 2.63 bits per heavy atom. The zero-order valence-electron chi connectivity index (χ0n) is 15.8. The number of amides is 1. The number of nitrogens with one attached hydrogen (secondary N) is 1. The lowest BCUT2D eigenvalue weighted by Crippen LogP contribution is -2.33. The Balaban J connectivity index is 1.72. The smallest absolute Gasteiger partial charge is 0.279 e. The van der Waals surface area contributed by atoms with Gasteiger partial charge in [-0.1, -0.05) is 41.6 Å². The Morgan fingerprint density at radius 1 is 1.20 bits per heavy atom. The molecule has 2 aromatic carbocycles. The van der Waals surface area contributed by atoms with E-state index in [-0.39, 0.29) is 29.3 Å². The Morgan fingerprint density at radius 2 is 1.93 bits per heavy atom. The Bertz CT molecular complexity index is 1200. The average Bonchev–Trinajstić information content (AvgIpc) is 2.70. The van der Waals surface area contributed by atoms with Gasteiger partial charge in [0.25, 0.3) is 5.56 Å². The third-order valence-electron chi connectivity index (χ3n) is 4.92. The normalized spacial score (nSPS) is 15.6. The molecule has 5 nitrogen and oxygen atoms in total. The highest BCUT2D eigenvalue weighted by Crippen LogP contribution is 2.37. The van der Waals surface area contributed by atoms with Crippen LogP contribution in [0.2, 0.25) is 5.02 Å². The zero-order chi connectivity index (χ0) is 21.4. The first kappa shape index (κ1) is 20.6. The van der Waals surface area contributed by atoms with Crippen LogP contribution in [0.4, 0.5) is 14.6 Å². The van der Waals surface area contributed by atoms with E-state index in [0.717, 1.165) is 17.7 Å². The summed E-state index contributed by atoms with van der Waals surface area (Å²) in [6.07, 6.45) is -0.121. The van der Waals surface area contributed by atoms with Gasteiger partial charge in [-0.25, -0.2) is 8.78 Å². The molecule has 3 aromatic rings. The van der Waals surface area contributed by atoms with Crippen LogP contribution in [-0.2, 0) is 17.6 Å². The maximum absolute atomic E-state index is 14.4. The van der Waals surface area contributed by atoms with Gasteiger partial charge in [-0.2, -0.15) is 4.98 Å². The SMILES string of the molecule is Cn1c(SCc2ccc(Cl)cc2)nc(=O)c2c1NC(=O)C[C@H]2c1ccc(F)cc1F. The molecule has 1 amide bonds. The summed E-state index contributed by atoms with van der Waals surface area (Å²) < 4.78 is 29.3. The highest BCUT2D eigenvalue weighted by molar-refractivity contribution is 7.98. The van der Waals surface area contributed by atoms with Gasteiger partial charge in [0.15, 0.2) is 5.16 Å². The van der Waals surface area contributed by atoms with Gasteiger partial charge in [-0.3, -0.25) is 9.59 Å². The Labute approximate surface area is 180 Å². The van der Waals surface area contributed by atoms with Gasteiger partial charge >= 0.3 is 0 Å². The molecule has 1 N–H and O–H groups in total. The number of aromatic nitrogens is 2. The lowest BCUT2D eigenvalue weighted by Gasteiger charge is -2.27. The number of fused-ring (bicyclic) bond motifs is 1. The average molecular weight is 448 g/mol. The van der Waals surface area contributed by atoms with Crippen LogP contribution >= 0.6 is 23.4 Å². The number of halogens is 3. The molecular formula is C21H16ClF2N3O2S. The summed E-state index contributed by atoms with van der Waals surface area (Å²) >= 11 is 7.23. The van der Waals surface area contributed by atoms with Crippen molar-refractivity contribution in [3.63, 3.8) is 0 Å². The van der Waals surface area contributed by atoms with Crippen LogP contribution in [0, 0.1) is 11.6 Å². The molecular weight excluding hydrogens is 432 g/mol. The quantitative estimate of drug-likeness (QED) is 0.473. The lowest BCUT2D eigenvalue weighted by molar-refractivity contribution is -0.116. The summed E-state index contributed by atoms with van der Waals surface area (Å²) in [5.41, 5.74) is 0.730. The lowest BCUT2D eigenvalue weighted by atomic mass is 9.86. The monoisotopic (exact) mass is 447 g/mol. The Kier molecular flexibility index (Phi) is 5.62. The second-order valence-electron chi connectivity index (χ2n) is 6.91. The van der Waals surface area contributed by atoms with Crippen molar-refractivity contribution in [2.75, 3.05) is 5.32 Å². The molecule has 0 fully saturated rings. The van der Waals surface area contributed by atoms with Crippen molar-refractivity contribution in [1.29, 1.82) is 0 Å².